The molecule has 3 aromatic carbocycles. The van der Waals surface area contributed by atoms with Crippen LogP contribution in [0.5, 0.6) is 11.5 Å². The first-order valence-corrected chi connectivity index (χ1v) is 11.1. The molecule has 0 bridgehead atoms. The highest BCUT2D eigenvalue weighted by Crippen LogP contribution is 2.43. The van der Waals surface area contributed by atoms with Crippen molar-refractivity contribution in [1.29, 1.82) is 0 Å². The Morgan fingerprint density at radius 3 is 2.62 bits per heavy atom. The molecule has 5 nitrogen and oxygen atoms in total. The highest BCUT2D eigenvalue weighted by atomic mass is 79.9. The lowest BCUT2D eigenvalue weighted by atomic mass is 9.86. The molecular formula is C25H23BrFNO4. The van der Waals surface area contributed by atoms with Crippen molar-refractivity contribution in [2.45, 2.75) is 26.0 Å². The Balaban J connectivity index is 1.73. The summed E-state index contributed by atoms with van der Waals surface area (Å²) in [6.07, 6.45) is -0.432. The smallest absolute Gasteiger partial charge is 0.407 e. The van der Waals surface area contributed by atoms with E-state index >= 15 is 4.39 Å². The first kappa shape index (κ1) is 22.1. The monoisotopic (exact) mass is 499 g/mol. The van der Waals surface area contributed by atoms with Gasteiger partial charge in [-0.3, -0.25) is 0 Å². The van der Waals surface area contributed by atoms with Gasteiger partial charge >= 0.3 is 6.09 Å². The number of nitrogens with zero attached hydrogens (tertiary/aromatic N) is 1. The molecule has 1 aliphatic rings. The molecule has 0 saturated heterocycles. The minimum absolute atomic E-state index is 0.145. The van der Waals surface area contributed by atoms with Crippen molar-refractivity contribution in [3.8, 4) is 22.6 Å². The molecule has 0 aromatic heterocycles. The third-order valence-electron chi connectivity index (χ3n) is 5.81. The first-order chi connectivity index (χ1) is 15.4. The molecule has 0 fully saturated rings. The summed E-state index contributed by atoms with van der Waals surface area (Å²) < 4.78 is 27.0. The summed E-state index contributed by atoms with van der Waals surface area (Å²) in [6.45, 7) is 2.48. The van der Waals surface area contributed by atoms with E-state index < -0.39 is 11.9 Å². The fourth-order valence-corrected chi connectivity index (χ4v) is 4.77. The zero-order valence-corrected chi connectivity index (χ0v) is 19.4. The van der Waals surface area contributed by atoms with Gasteiger partial charge in [-0.05, 0) is 69.7 Å². The lowest BCUT2D eigenvalue weighted by Crippen LogP contribution is -2.38. The fourth-order valence-electron chi connectivity index (χ4n) is 4.22. The van der Waals surface area contributed by atoms with Gasteiger partial charge in [-0.1, -0.05) is 36.4 Å². The quantitative estimate of drug-likeness (QED) is 0.438. The minimum Gasteiger partial charge on any atom is -0.496 e. The standard InChI is InChI=1S/C25H23BrFNO4/c1-15-18-8-9-22(31-2)23(19(18)10-11-28(15)25(29)30)17-12-20(26)24(21(27)13-17)32-14-16-6-4-3-5-7-16/h3-9,12-13,15H,10-11,14H2,1-2H3,(H,29,30)/t15-/m1/s1. The van der Waals surface area contributed by atoms with E-state index in [-0.39, 0.29) is 18.4 Å². The molecule has 7 heteroatoms. The minimum atomic E-state index is -0.950. The van der Waals surface area contributed by atoms with E-state index in [4.69, 9.17) is 9.47 Å². The summed E-state index contributed by atoms with van der Waals surface area (Å²) in [6, 6.07) is 16.2. The molecule has 1 aliphatic heterocycles. The number of fused-ring (bicyclic) bond motifs is 1. The van der Waals surface area contributed by atoms with E-state index in [0.29, 0.717) is 28.8 Å². The summed E-state index contributed by atoms with van der Waals surface area (Å²) >= 11 is 3.46. The van der Waals surface area contributed by atoms with Crippen molar-refractivity contribution < 1.29 is 23.8 Å². The molecule has 1 N–H and O–H groups in total. The molecule has 0 radical (unpaired) electrons. The second-order valence-corrected chi connectivity index (χ2v) is 8.51. The average Bonchev–Trinajstić information content (AvgIpc) is 2.78. The Morgan fingerprint density at radius 2 is 1.97 bits per heavy atom. The number of ether oxygens (including phenoxy) is 2. The SMILES string of the molecule is COc1ccc2c(c1-c1cc(F)c(OCc3ccccc3)c(Br)c1)CCN(C(=O)O)[C@@H]2C. The number of halogens is 2. The fraction of sp³-hybridized carbons (Fsp3) is 0.240. The van der Waals surface area contributed by atoms with E-state index in [1.807, 2.05) is 55.5 Å². The summed E-state index contributed by atoms with van der Waals surface area (Å²) in [4.78, 5) is 13.0. The number of carboxylic acid groups (broad SMARTS) is 1. The number of amides is 1. The van der Waals surface area contributed by atoms with Crippen LogP contribution in [0.2, 0.25) is 0 Å². The zero-order valence-electron chi connectivity index (χ0n) is 17.8. The van der Waals surface area contributed by atoms with E-state index in [1.54, 1.807) is 7.11 Å². The van der Waals surface area contributed by atoms with Crippen molar-refractivity contribution >= 4 is 22.0 Å². The van der Waals surface area contributed by atoms with Gasteiger partial charge in [0.05, 0.1) is 17.6 Å². The van der Waals surface area contributed by atoms with Crippen LogP contribution >= 0.6 is 15.9 Å². The molecule has 32 heavy (non-hydrogen) atoms. The summed E-state index contributed by atoms with van der Waals surface area (Å²) in [5.41, 5.74) is 4.23. The van der Waals surface area contributed by atoms with Gasteiger partial charge in [0.1, 0.15) is 12.4 Å². The van der Waals surface area contributed by atoms with Gasteiger partial charge in [0.25, 0.3) is 0 Å². The predicted molar refractivity (Wildman–Crippen MR) is 124 cm³/mol. The van der Waals surface area contributed by atoms with Crippen molar-refractivity contribution in [1.82, 2.24) is 4.90 Å². The van der Waals surface area contributed by atoms with Crippen LogP contribution < -0.4 is 9.47 Å². The van der Waals surface area contributed by atoms with Crippen LogP contribution in [0.4, 0.5) is 9.18 Å². The Morgan fingerprint density at radius 1 is 1.22 bits per heavy atom. The number of methoxy groups -OCH3 is 1. The van der Waals surface area contributed by atoms with Crippen LogP contribution in [0.1, 0.15) is 29.7 Å². The van der Waals surface area contributed by atoms with Crippen molar-refractivity contribution in [2.75, 3.05) is 13.7 Å². The van der Waals surface area contributed by atoms with Gasteiger partial charge in [0.2, 0.25) is 0 Å². The van der Waals surface area contributed by atoms with Crippen LogP contribution in [0.3, 0.4) is 0 Å². The second kappa shape index (κ2) is 9.20. The highest BCUT2D eigenvalue weighted by Gasteiger charge is 2.30. The number of benzene rings is 3. The van der Waals surface area contributed by atoms with Crippen LogP contribution in [-0.2, 0) is 13.0 Å². The number of hydrogen-bond donors (Lipinski definition) is 1. The molecule has 0 saturated carbocycles. The lowest BCUT2D eigenvalue weighted by Gasteiger charge is -2.34. The number of hydrogen-bond acceptors (Lipinski definition) is 3. The van der Waals surface area contributed by atoms with E-state index in [1.165, 1.54) is 11.0 Å². The Kier molecular flexibility index (Phi) is 6.37. The Hall–Kier alpha value is -3.06. The average molecular weight is 500 g/mol. The maximum absolute atomic E-state index is 15.1. The van der Waals surface area contributed by atoms with Crippen LogP contribution in [0.25, 0.3) is 11.1 Å². The van der Waals surface area contributed by atoms with Crippen LogP contribution in [0.15, 0.2) is 59.1 Å². The van der Waals surface area contributed by atoms with Crippen molar-refractivity contribution in [2.24, 2.45) is 0 Å². The molecule has 0 spiro atoms. The predicted octanol–water partition coefficient (Wildman–Crippen LogP) is 6.44. The second-order valence-electron chi connectivity index (χ2n) is 7.66. The molecule has 0 aliphatic carbocycles. The molecule has 4 rings (SSSR count). The van der Waals surface area contributed by atoms with Crippen LogP contribution in [-0.4, -0.2) is 29.8 Å². The molecule has 1 heterocycles. The number of carbonyl (C=O) groups is 1. The van der Waals surface area contributed by atoms with Gasteiger partial charge in [0.15, 0.2) is 11.6 Å². The van der Waals surface area contributed by atoms with Crippen molar-refractivity contribution in [3.05, 3.63) is 81.6 Å². The normalized spacial score (nSPS) is 15.2. The van der Waals surface area contributed by atoms with E-state index in [2.05, 4.69) is 15.9 Å². The largest absolute Gasteiger partial charge is 0.496 e. The maximum atomic E-state index is 15.1. The summed E-state index contributed by atoms with van der Waals surface area (Å²) in [5, 5.41) is 9.49. The van der Waals surface area contributed by atoms with Gasteiger partial charge in [-0.2, -0.15) is 0 Å². The Labute approximate surface area is 194 Å². The topological polar surface area (TPSA) is 59.0 Å². The van der Waals surface area contributed by atoms with Gasteiger partial charge in [0, 0.05) is 12.1 Å². The molecule has 1 atom stereocenters. The summed E-state index contributed by atoms with van der Waals surface area (Å²) in [5.74, 6) is 0.275. The first-order valence-electron chi connectivity index (χ1n) is 10.3. The maximum Gasteiger partial charge on any atom is 0.407 e. The summed E-state index contributed by atoms with van der Waals surface area (Å²) in [7, 11) is 1.57. The van der Waals surface area contributed by atoms with E-state index in [0.717, 1.165) is 22.3 Å². The van der Waals surface area contributed by atoms with Gasteiger partial charge in [-0.25, -0.2) is 9.18 Å². The molecule has 1 amide bonds. The van der Waals surface area contributed by atoms with E-state index in [9.17, 15) is 9.90 Å². The third-order valence-corrected chi connectivity index (χ3v) is 6.40. The third kappa shape index (κ3) is 4.17. The molecular weight excluding hydrogens is 477 g/mol. The van der Waals surface area contributed by atoms with Gasteiger partial charge < -0.3 is 19.5 Å². The lowest BCUT2D eigenvalue weighted by molar-refractivity contribution is 0.124. The molecule has 0 unspecified atom stereocenters. The van der Waals surface area contributed by atoms with Crippen LogP contribution in [0, 0.1) is 5.82 Å². The zero-order chi connectivity index (χ0) is 22.8. The van der Waals surface area contributed by atoms with Crippen molar-refractivity contribution in [3.63, 3.8) is 0 Å². The van der Waals surface area contributed by atoms with Gasteiger partial charge in [-0.15, -0.1) is 0 Å². The number of rotatable bonds is 5. The Bertz CT molecular complexity index is 1130. The molecule has 3 aromatic rings. The molecule has 166 valence electrons. The highest BCUT2D eigenvalue weighted by molar-refractivity contribution is 9.10.